The summed E-state index contributed by atoms with van der Waals surface area (Å²) in [6.45, 7) is 0. The summed E-state index contributed by atoms with van der Waals surface area (Å²) in [6, 6.07) is 56.9. The van der Waals surface area contributed by atoms with Crippen molar-refractivity contribution in [3.8, 4) is 27.9 Å². The number of hydrogen-bond donors (Lipinski definition) is 0. The van der Waals surface area contributed by atoms with Gasteiger partial charge < -0.3 is 4.42 Å². The first-order valence-electron chi connectivity index (χ1n) is 15.4. The molecule has 0 amide bonds. The molecule has 0 radical (unpaired) electrons. The monoisotopic (exact) mass is 574 g/mol. The number of para-hydroxylation sites is 3. The molecule has 7 aromatic carbocycles. The van der Waals surface area contributed by atoms with Gasteiger partial charge >= 0.3 is 0 Å². The lowest BCUT2D eigenvalue weighted by molar-refractivity contribution is 0.669. The molecule has 0 atom stereocenters. The van der Waals surface area contributed by atoms with Crippen LogP contribution in [-0.4, -0.2) is 4.57 Å². The Kier molecular flexibility index (Phi) is 5.00. The van der Waals surface area contributed by atoms with E-state index in [9.17, 15) is 0 Å². The van der Waals surface area contributed by atoms with E-state index in [4.69, 9.17) is 4.42 Å². The zero-order valence-electron chi connectivity index (χ0n) is 24.3. The Hall–Kier alpha value is -6.06. The fourth-order valence-corrected chi connectivity index (χ4v) is 7.19. The van der Waals surface area contributed by atoms with Crippen molar-refractivity contribution in [1.82, 2.24) is 4.57 Å². The van der Waals surface area contributed by atoms with Crippen molar-refractivity contribution in [2.45, 2.75) is 0 Å². The summed E-state index contributed by atoms with van der Waals surface area (Å²) in [5, 5.41) is 5.98. The summed E-state index contributed by atoms with van der Waals surface area (Å²) < 4.78 is 8.52. The van der Waals surface area contributed by atoms with E-state index in [0.717, 1.165) is 39.1 Å². The van der Waals surface area contributed by atoms with Gasteiger partial charge in [0.05, 0.1) is 16.9 Å². The molecule has 1 aliphatic rings. The lowest BCUT2D eigenvalue weighted by Crippen LogP contribution is -2.12. The molecule has 0 saturated carbocycles. The molecule has 45 heavy (non-hydrogen) atoms. The maximum atomic E-state index is 6.09. The van der Waals surface area contributed by atoms with Crippen LogP contribution < -0.4 is 4.90 Å². The number of nitrogens with zero attached hydrogens (tertiary/aromatic N) is 2. The van der Waals surface area contributed by atoms with Gasteiger partial charge in [-0.05, 0) is 82.6 Å². The van der Waals surface area contributed by atoms with E-state index in [1.54, 1.807) is 0 Å². The zero-order chi connectivity index (χ0) is 29.5. The van der Waals surface area contributed by atoms with Gasteiger partial charge in [-0.25, -0.2) is 0 Å². The van der Waals surface area contributed by atoms with Gasteiger partial charge in [0.15, 0.2) is 0 Å². The Morgan fingerprint density at radius 1 is 0.422 bits per heavy atom. The number of hydrogen-bond acceptors (Lipinski definition) is 2. The molecule has 0 unspecified atom stereocenters. The molecular weight excluding hydrogens is 548 g/mol. The zero-order valence-corrected chi connectivity index (χ0v) is 24.3. The van der Waals surface area contributed by atoms with Gasteiger partial charge in [0.2, 0.25) is 0 Å². The quantitative estimate of drug-likeness (QED) is 0.205. The van der Waals surface area contributed by atoms with E-state index in [1.807, 2.05) is 12.1 Å². The second kappa shape index (κ2) is 9.22. The predicted octanol–water partition coefficient (Wildman–Crippen LogP) is 11.8. The van der Waals surface area contributed by atoms with Crippen molar-refractivity contribution in [3.63, 3.8) is 0 Å². The highest BCUT2D eigenvalue weighted by Crippen LogP contribution is 2.49. The molecule has 3 heterocycles. The van der Waals surface area contributed by atoms with Gasteiger partial charge in [0.1, 0.15) is 17.0 Å². The topological polar surface area (TPSA) is 21.3 Å². The SMILES string of the molecule is c1ccc2c(c1)-c1cc3ccccc3cc1-n1c(cc3ccccc31)N2c1ccc(-c2ccc3oc4ccccc4c3c2)cc1. The second-order valence-corrected chi connectivity index (χ2v) is 11.8. The molecule has 0 aliphatic carbocycles. The molecule has 0 saturated heterocycles. The van der Waals surface area contributed by atoms with Crippen molar-refractivity contribution in [2.24, 2.45) is 0 Å². The van der Waals surface area contributed by atoms with Gasteiger partial charge in [0, 0.05) is 33.0 Å². The standard InChI is InChI=1S/C42H26N2O/c1-2-10-29-25-39-35(23-28(29)9-1)33-12-4-7-15-38(33)43(42-26-31-11-3-6-14-37(31)44(39)42)32-20-17-27(18-21-32)30-19-22-41-36(24-30)34-13-5-8-16-40(34)45-41/h1-26H. The molecule has 0 N–H and O–H groups in total. The number of rotatable bonds is 2. The van der Waals surface area contributed by atoms with Crippen molar-refractivity contribution < 1.29 is 4.42 Å². The van der Waals surface area contributed by atoms with Gasteiger partial charge in [-0.2, -0.15) is 0 Å². The van der Waals surface area contributed by atoms with Crippen LogP contribution in [0.4, 0.5) is 17.2 Å². The fraction of sp³-hybridized carbons (Fsp3) is 0. The normalized spacial score (nSPS) is 12.4. The third-order valence-electron chi connectivity index (χ3n) is 9.30. The average molecular weight is 575 g/mol. The minimum Gasteiger partial charge on any atom is -0.456 e. The van der Waals surface area contributed by atoms with Gasteiger partial charge in [-0.3, -0.25) is 9.47 Å². The lowest BCUT2D eigenvalue weighted by Gasteiger charge is -2.26. The lowest BCUT2D eigenvalue weighted by atomic mass is 9.97. The van der Waals surface area contributed by atoms with Crippen LogP contribution in [0.1, 0.15) is 0 Å². The number of fused-ring (bicyclic) bond motifs is 11. The van der Waals surface area contributed by atoms with E-state index < -0.39 is 0 Å². The summed E-state index contributed by atoms with van der Waals surface area (Å²) in [4.78, 5) is 2.41. The summed E-state index contributed by atoms with van der Waals surface area (Å²) >= 11 is 0. The third kappa shape index (κ3) is 3.58. The van der Waals surface area contributed by atoms with E-state index in [0.29, 0.717) is 0 Å². The molecule has 3 heteroatoms. The minimum atomic E-state index is 0.915. The van der Waals surface area contributed by atoms with Crippen LogP contribution in [0.2, 0.25) is 0 Å². The van der Waals surface area contributed by atoms with E-state index in [2.05, 4.69) is 155 Å². The van der Waals surface area contributed by atoms with Crippen molar-refractivity contribution >= 4 is 60.8 Å². The Labute approximate surface area is 259 Å². The molecule has 1 aliphatic heterocycles. The molecule has 3 nitrogen and oxygen atoms in total. The van der Waals surface area contributed by atoms with Gasteiger partial charge in [0.25, 0.3) is 0 Å². The summed E-state index contributed by atoms with van der Waals surface area (Å²) in [7, 11) is 0. The summed E-state index contributed by atoms with van der Waals surface area (Å²) in [5.74, 6) is 1.12. The molecule has 9 aromatic rings. The van der Waals surface area contributed by atoms with E-state index in [1.165, 1.54) is 49.6 Å². The highest BCUT2D eigenvalue weighted by atomic mass is 16.3. The first kappa shape index (κ1) is 24.4. The highest BCUT2D eigenvalue weighted by molar-refractivity contribution is 6.06. The van der Waals surface area contributed by atoms with Crippen LogP contribution in [-0.2, 0) is 0 Å². The van der Waals surface area contributed by atoms with Crippen LogP contribution in [0.25, 0.3) is 71.6 Å². The molecule has 0 spiro atoms. The third-order valence-corrected chi connectivity index (χ3v) is 9.30. The maximum absolute atomic E-state index is 6.09. The Bertz CT molecular complexity index is 2600. The first-order valence-corrected chi connectivity index (χ1v) is 15.4. The van der Waals surface area contributed by atoms with Crippen LogP contribution in [0.3, 0.4) is 0 Å². The Morgan fingerprint density at radius 2 is 1.11 bits per heavy atom. The van der Waals surface area contributed by atoms with E-state index in [-0.39, 0.29) is 0 Å². The largest absolute Gasteiger partial charge is 0.456 e. The molecule has 2 aromatic heterocycles. The Morgan fingerprint density at radius 3 is 2.00 bits per heavy atom. The molecule has 0 bridgehead atoms. The predicted molar refractivity (Wildman–Crippen MR) is 187 cm³/mol. The summed E-state index contributed by atoms with van der Waals surface area (Å²) in [5.41, 5.74) is 11.3. The van der Waals surface area contributed by atoms with Crippen LogP contribution in [0.15, 0.2) is 162 Å². The number of furan rings is 1. The average Bonchev–Trinajstić information content (AvgIpc) is 3.63. The number of aromatic nitrogens is 1. The van der Waals surface area contributed by atoms with Crippen LogP contribution in [0.5, 0.6) is 0 Å². The van der Waals surface area contributed by atoms with Crippen molar-refractivity contribution in [1.29, 1.82) is 0 Å². The Balaban J connectivity index is 1.19. The molecule has 10 rings (SSSR count). The fourth-order valence-electron chi connectivity index (χ4n) is 7.19. The van der Waals surface area contributed by atoms with Crippen molar-refractivity contribution in [3.05, 3.63) is 158 Å². The molecular formula is C42H26N2O. The minimum absolute atomic E-state index is 0.915. The molecule has 0 fully saturated rings. The van der Waals surface area contributed by atoms with E-state index >= 15 is 0 Å². The number of anilines is 3. The smallest absolute Gasteiger partial charge is 0.135 e. The van der Waals surface area contributed by atoms with Crippen molar-refractivity contribution in [2.75, 3.05) is 4.90 Å². The van der Waals surface area contributed by atoms with Crippen LogP contribution >= 0.6 is 0 Å². The maximum Gasteiger partial charge on any atom is 0.135 e. The van der Waals surface area contributed by atoms with Crippen LogP contribution in [0, 0.1) is 0 Å². The van der Waals surface area contributed by atoms with Gasteiger partial charge in [-0.1, -0.05) is 97.1 Å². The second-order valence-electron chi connectivity index (χ2n) is 11.8. The first-order chi connectivity index (χ1) is 22.3. The summed E-state index contributed by atoms with van der Waals surface area (Å²) in [6.07, 6.45) is 0. The number of benzene rings is 7. The van der Waals surface area contributed by atoms with Gasteiger partial charge in [-0.15, -0.1) is 0 Å². The highest BCUT2D eigenvalue weighted by Gasteiger charge is 2.28. The molecule has 210 valence electrons.